The van der Waals surface area contributed by atoms with E-state index in [0.717, 1.165) is 35.6 Å². The van der Waals surface area contributed by atoms with Gasteiger partial charge < -0.3 is 10.2 Å². The Morgan fingerprint density at radius 1 is 1.19 bits per heavy atom. The van der Waals surface area contributed by atoms with Gasteiger partial charge in [-0.1, -0.05) is 12.1 Å². The van der Waals surface area contributed by atoms with Gasteiger partial charge in [0.1, 0.15) is 0 Å². The van der Waals surface area contributed by atoms with Crippen LogP contribution in [0, 0.1) is 13.8 Å². The van der Waals surface area contributed by atoms with Crippen LogP contribution in [-0.2, 0) is 11.3 Å². The summed E-state index contributed by atoms with van der Waals surface area (Å²) in [5, 5.41) is 7.22. The molecule has 0 saturated carbocycles. The molecule has 1 aliphatic heterocycles. The lowest BCUT2D eigenvalue weighted by Gasteiger charge is -2.16. The number of aromatic nitrogens is 3. The maximum Gasteiger partial charge on any atom is 0.272 e. The SMILES string of the molecule is Cc1cc(C)n2nc(C(=O)NCc3ccc(N4CCCC4=O)cc3)cc2n1. The van der Waals surface area contributed by atoms with Crippen LogP contribution in [0.25, 0.3) is 5.65 Å². The molecule has 1 aromatic carbocycles. The molecule has 0 radical (unpaired) electrons. The quantitative estimate of drug-likeness (QED) is 0.772. The van der Waals surface area contributed by atoms with Gasteiger partial charge in [0, 0.05) is 42.7 Å². The molecule has 3 heterocycles. The van der Waals surface area contributed by atoms with Gasteiger partial charge in [0.25, 0.3) is 5.91 Å². The average Bonchev–Trinajstić information content (AvgIpc) is 3.26. The van der Waals surface area contributed by atoms with E-state index in [0.29, 0.717) is 24.3 Å². The van der Waals surface area contributed by atoms with E-state index in [9.17, 15) is 9.59 Å². The highest BCUT2D eigenvalue weighted by molar-refractivity contribution is 5.95. The molecule has 1 saturated heterocycles. The first-order valence-electron chi connectivity index (χ1n) is 9.03. The number of carbonyl (C=O) groups is 2. The molecule has 0 bridgehead atoms. The smallest absolute Gasteiger partial charge is 0.272 e. The second-order valence-electron chi connectivity index (χ2n) is 6.84. The molecule has 3 aromatic rings. The lowest BCUT2D eigenvalue weighted by atomic mass is 10.2. The van der Waals surface area contributed by atoms with Gasteiger partial charge in [0.2, 0.25) is 5.91 Å². The van der Waals surface area contributed by atoms with E-state index < -0.39 is 0 Å². The number of anilines is 1. The van der Waals surface area contributed by atoms with Gasteiger partial charge >= 0.3 is 0 Å². The molecule has 4 rings (SSSR count). The first-order valence-corrected chi connectivity index (χ1v) is 9.03. The number of hydrogen-bond acceptors (Lipinski definition) is 4. The summed E-state index contributed by atoms with van der Waals surface area (Å²) in [5.41, 5.74) is 4.71. The standard InChI is InChI=1S/C20H21N5O2/c1-13-10-14(2)25-18(22-13)11-17(23-25)20(27)21-12-15-5-7-16(8-6-15)24-9-3-4-19(24)26/h5-8,10-11H,3-4,9,12H2,1-2H3,(H,21,27). The first-order chi connectivity index (χ1) is 13.0. The van der Waals surface area contributed by atoms with E-state index >= 15 is 0 Å². The van der Waals surface area contributed by atoms with Crippen molar-refractivity contribution in [1.82, 2.24) is 19.9 Å². The van der Waals surface area contributed by atoms with Crippen molar-refractivity contribution in [2.24, 2.45) is 0 Å². The third-order valence-electron chi connectivity index (χ3n) is 4.74. The molecule has 7 nitrogen and oxygen atoms in total. The molecule has 0 spiro atoms. The molecular formula is C20H21N5O2. The van der Waals surface area contributed by atoms with Crippen LogP contribution in [0.15, 0.2) is 36.4 Å². The van der Waals surface area contributed by atoms with Gasteiger partial charge in [-0.15, -0.1) is 0 Å². The first kappa shape index (κ1) is 17.2. The Hall–Kier alpha value is -3.22. The van der Waals surface area contributed by atoms with Gasteiger partial charge in [-0.05, 0) is 44.0 Å². The Bertz CT molecular complexity index is 1020. The van der Waals surface area contributed by atoms with Crippen molar-refractivity contribution >= 4 is 23.1 Å². The van der Waals surface area contributed by atoms with Crippen molar-refractivity contribution in [3.8, 4) is 0 Å². The highest BCUT2D eigenvalue weighted by Crippen LogP contribution is 2.21. The highest BCUT2D eigenvalue weighted by atomic mass is 16.2. The van der Waals surface area contributed by atoms with Crippen LogP contribution in [-0.4, -0.2) is 33.0 Å². The number of amides is 2. The van der Waals surface area contributed by atoms with Crippen LogP contribution in [0.3, 0.4) is 0 Å². The second-order valence-corrected chi connectivity index (χ2v) is 6.84. The number of carbonyl (C=O) groups excluding carboxylic acids is 2. The maximum absolute atomic E-state index is 12.4. The predicted octanol–water partition coefficient (Wildman–Crippen LogP) is 2.40. The molecule has 1 N–H and O–H groups in total. The Balaban J connectivity index is 1.43. The minimum Gasteiger partial charge on any atom is -0.347 e. The zero-order valence-electron chi connectivity index (χ0n) is 15.4. The van der Waals surface area contributed by atoms with Crippen LogP contribution in [0.5, 0.6) is 0 Å². The van der Waals surface area contributed by atoms with Gasteiger partial charge in [0.05, 0.1) is 0 Å². The summed E-state index contributed by atoms with van der Waals surface area (Å²) >= 11 is 0. The molecule has 27 heavy (non-hydrogen) atoms. The van der Waals surface area contributed by atoms with Crippen molar-refractivity contribution < 1.29 is 9.59 Å². The Morgan fingerprint density at radius 2 is 1.96 bits per heavy atom. The molecule has 2 aromatic heterocycles. The number of aryl methyl sites for hydroxylation is 2. The monoisotopic (exact) mass is 363 g/mol. The summed E-state index contributed by atoms with van der Waals surface area (Å²) in [6.07, 6.45) is 1.52. The molecule has 1 fully saturated rings. The zero-order valence-corrected chi connectivity index (χ0v) is 15.4. The van der Waals surface area contributed by atoms with Gasteiger partial charge in [-0.2, -0.15) is 5.10 Å². The third kappa shape index (κ3) is 3.40. The summed E-state index contributed by atoms with van der Waals surface area (Å²) in [6, 6.07) is 11.3. The normalized spacial score (nSPS) is 14.1. The fourth-order valence-electron chi connectivity index (χ4n) is 3.39. The summed E-state index contributed by atoms with van der Waals surface area (Å²) in [6.45, 7) is 5.02. The number of benzene rings is 1. The molecule has 138 valence electrons. The molecule has 0 unspecified atom stereocenters. The van der Waals surface area contributed by atoms with Crippen molar-refractivity contribution in [2.75, 3.05) is 11.4 Å². The van der Waals surface area contributed by atoms with E-state index in [1.807, 2.05) is 44.2 Å². The lowest BCUT2D eigenvalue weighted by Crippen LogP contribution is -2.24. The van der Waals surface area contributed by atoms with Crippen LogP contribution < -0.4 is 10.2 Å². The average molecular weight is 363 g/mol. The molecule has 0 aliphatic carbocycles. The van der Waals surface area contributed by atoms with Gasteiger partial charge in [0.15, 0.2) is 11.3 Å². The van der Waals surface area contributed by atoms with E-state index in [2.05, 4.69) is 15.4 Å². The number of hydrogen-bond donors (Lipinski definition) is 1. The van der Waals surface area contributed by atoms with E-state index in [4.69, 9.17) is 0 Å². The van der Waals surface area contributed by atoms with Crippen molar-refractivity contribution in [3.63, 3.8) is 0 Å². The third-order valence-corrected chi connectivity index (χ3v) is 4.74. The topological polar surface area (TPSA) is 79.6 Å². The van der Waals surface area contributed by atoms with Crippen molar-refractivity contribution in [1.29, 1.82) is 0 Å². The zero-order chi connectivity index (χ0) is 19.0. The Morgan fingerprint density at radius 3 is 2.67 bits per heavy atom. The number of rotatable bonds is 4. The fourth-order valence-corrected chi connectivity index (χ4v) is 3.39. The minimum absolute atomic E-state index is 0.169. The molecule has 7 heteroatoms. The van der Waals surface area contributed by atoms with Crippen molar-refractivity contribution in [3.05, 3.63) is 59.0 Å². The molecule has 2 amide bonds. The number of nitrogens with zero attached hydrogens (tertiary/aromatic N) is 4. The highest BCUT2D eigenvalue weighted by Gasteiger charge is 2.21. The summed E-state index contributed by atoms with van der Waals surface area (Å²) in [5.74, 6) is -0.0709. The Kier molecular flexibility index (Phi) is 4.35. The number of nitrogens with one attached hydrogen (secondary N) is 1. The molecule has 1 aliphatic rings. The lowest BCUT2D eigenvalue weighted by molar-refractivity contribution is -0.117. The molecular weight excluding hydrogens is 342 g/mol. The van der Waals surface area contributed by atoms with Gasteiger partial charge in [-0.3, -0.25) is 9.59 Å². The summed E-state index contributed by atoms with van der Waals surface area (Å²) < 4.78 is 1.67. The van der Waals surface area contributed by atoms with E-state index in [1.54, 1.807) is 15.5 Å². The Labute approximate surface area is 157 Å². The summed E-state index contributed by atoms with van der Waals surface area (Å²) in [7, 11) is 0. The summed E-state index contributed by atoms with van der Waals surface area (Å²) in [4.78, 5) is 30.4. The van der Waals surface area contributed by atoms with Crippen LogP contribution >= 0.6 is 0 Å². The largest absolute Gasteiger partial charge is 0.347 e. The van der Waals surface area contributed by atoms with Crippen LogP contribution in [0.1, 0.15) is 40.3 Å². The maximum atomic E-state index is 12.4. The van der Waals surface area contributed by atoms with Crippen LogP contribution in [0.2, 0.25) is 0 Å². The van der Waals surface area contributed by atoms with Crippen molar-refractivity contribution in [2.45, 2.75) is 33.2 Å². The van der Waals surface area contributed by atoms with Gasteiger partial charge in [-0.25, -0.2) is 9.50 Å². The second kappa shape index (κ2) is 6.83. The van der Waals surface area contributed by atoms with E-state index in [1.165, 1.54) is 0 Å². The van der Waals surface area contributed by atoms with Crippen LogP contribution in [0.4, 0.5) is 5.69 Å². The number of fused-ring (bicyclic) bond motifs is 1. The predicted molar refractivity (Wildman–Crippen MR) is 102 cm³/mol. The minimum atomic E-state index is -0.239. The fraction of sp³-hybridized carbons (Fsp3) is 0.300. The molecule has 0 atom stereocenters. The van der Waals surface area contributed by atoms with E-state index in [-0.39, 0.29) is 11.8 Å².